The summed E-state index contributed by atoms with van der Waals surface area (Å²) in [5.74, 6) is -1.26. The van der Waals surface area contributed by atoms with Gasteiger partial charge in [-0.1, -0.05) is 6.07 Å². The van der Waals surface area contributed by atoms with Crippen molar-refractivity contribution in [3.05, 3.63) is 47.2 Å². The summed E-state index contributed by atoms with van der Waals surface area (Å²) in [6.07, 6.45) is 2.03. The van der Waals surface area contributed by atoms with Crippen LogP contribution in [0.5, 0.6) is 0 Å². The maximum Gasteiger partial charge on any atom is 0.159 e. The predicted octanol–water partition coefficient (Wildman–Crippen LogP) is 2.17. The van der Waals surface area contributed by atoms with Gasteiger partial charge in [-0.05, 0) is 23.8 Å². The SMILES string of the molecule is OC(Cc1ccc(F)c(F)c1)C1=CCCO1. The maximum atomic E-state index is 12.9. The fraction of sp³-hybridized carbons (Fsp3) is 0.333. The first kappa shape index (κ1) is 11.1. The van der Waals surface area contributed by atoms with Gasteiger partial charge in [0.25, 0.3) is 0 Å². The molecule has 0 spiro atoms. The van der Waals surface area contributed by atoms with E-state index in [1.54, 1.807) is 0 Å². The summed E-state index contributed by atoms with van der Waals surface area (Å²) in [7, 11) is 0. The van der Waals surface area contributed by atoms with E-state index in [4.69, 9.17) is 4.74 Å². The summed E-state index contributed by atoms with van der Waals surface area (Å²) in [5.41, 5.74) is 0.544. The van der Waals surface area contributed by atoms with Gasteiger partial charge in [0, 0.05) is 12.8 Å². The Bertz CT molecular complexity index is 415. The van der Waals surface area contributed by atoms with Crippen LogP contribution in [-0.2, 0) is 11.2 Å². The first-order chi connectivity index (χ1) is 7.66. The summed E-state index contributed by atoms with van der Waals surface area (Å²) in [6, 6.07) is 3.60. The van der Waals surface area contributed by atoms with E-state index in [1.807, 2.05) is 6.08 Å². The van der Waals surface area contributed by atoms with Crippen LogP contribution < -0.4 is 0 Å². The summed E-state index contributed by atoms with van der Waals surface area (Å²) >= 11 is 0. The number of aliphatic hydroxyl groups is 1. The first-order valence-electron chi connectivity index (χ1n) is 5.11. The molecule has 1 aliphatic heterocycles. The Hall–Kier alpha value is -1.42. The van der Waals surface area contributed by atoms with E-state index in [0.717, 1.165) is 18.6 Å². The number of benzene rings is 1. The Morgan fingerprint density at radius 2 is 2.12 bits per heavy atom. The number of hydrogen-bond acceptors (Lipinski definition) is 2. The van der Waals surface area contributed by atoms with Gasteiger partial charge in [-0.25, -0.2) is 8.78 Å². The van der Waals surface area contributed by atoms with Gasteiger partial charge in [0.05, 0.1) is 6.61 Å². The van der Waals surface area contributed by atoms with E-state index in [1.165, 1.54) is 6.07 Å². The molecule has 0 fully saturated rings. The van der Waals surface area contributed by atoms with Crippen LogP contribution in [-0.4, -0.2) is 17.8 Å². The number of halogens is 2. The zero-order valence-electron chi connectivity index (χ0n) is 8.62. The van der Waals surface area contributed by atoms with Crippen molar-refractivity contribution < 1.29 is 18.6 Å². The van der Waals surface area contributed by atoms with E-state index in [2.05, 4.69) is 0 Å². The molecular formula is C12H12F2O2. The molecule has 0 aromatic heterocycles. The lowest BCUT2D eigenvalue weighted by Crippen LogP contribution is -2.14. The monoisotopic (exact) mass is 226 g/mol. The molecule has 86 valence electrons. The molecule has 0 amide bonds. The van der Waals surface area contributed by atoms with E-state index in [9.17, 15) is 13.9 Å². The third-order valence-corrected chi connectivity index (χ3v) is 2.47. The van der Waals surface area contributed by atoms with Crippen molar-refractivity contribution in [2.45, 2.75) is 18.9 Å². The second kappa shape index (κ2) is 4.61. The minimum absolute atomic E-state index is 0.225. The summed E-state index contributed by atoms with van der Waals surface area (Å²) in [4.78, 5) is 0. The molecule has 1 unspecified atom stereocenters. The van der Waals surface area contributed by atoms with Crippen LogP contribution in [0.15, 0.2) is 30.0 Å². The van der Waals surface area contributed by atoms with Crippen LogP contribution >= 0.6 is 0 Å². The highest BCUT2D eigenvalue weighted by atomic mass is 19.2. The average Bonchev–Trinajstić information content (AvgIpc) is 2.77. The fourth-order valence-corrected chi connectivity index (χ4v) is 1.66. The molecule has 2 nitrogen and oxygen atoms in total. The topological polar surface area (TPSA) is 29.5 Å². The molecule has 1 atom stereocenters. The predicted molar refractivity (Wildman–Crippen MR) is 54.7 cm³/mol. The molecule has 1 heterocycles. The van der Waals surface area contributed by atoms with Crippen molar-refractivity contribution in [3.8, 4) is 0 Å². The van der Waals surface area contributed by atoms with Gasteiger partial charge in [-0.15, -0.1) is 0 Å². The lowest BCUT2D eigenvalue weighted by molar-refractivity contribution is 0.118. The van der Waals surface area contributed by atoms with Crippen molar-refractivity contribution in [3.63, 3.8) is 0 Å². The van der Waals surface area contributed by atoms with Crippen molar-refractivity contribution in [1.29, 1.82) is 0 Å². The van der Waals surface area contributed by atoms with Gasteiger partial charge in [0.1, 0.15) is 11.9 Å². The summed E-state index contributed by atoms with van der Waals surface area (Å²) < 4.78 is 30.8. The molecule has 1 aromatic carbocycles. The van der Waals surface area contributed by atoms with Crippen molar-refractivity contribution in [1.82, 2.24) is 0 Å². The molecule has 1 aromatic rings. The number of hydrogen-bond donors (Lipinski definition) is 1. The lowest BCUT2D eigenvalue weighted by atomic mass is 10.1. The van der Waals surface area contributed by atoms with Crippen LogP contribution in [0.25, 0.3) is 0 Å². The second-order valence-electron chi connectivity index (χ2n) is 3.71. The van der Waals surface area contributed by atoms with Crippen LogP contribution in [0.3, 0.4) is 0 Å². The van der Waals surface area contributed by atoms with Gasteiger partial charge in [0.2, 0.25) is 0 Å². The van der Waals surface area contributed by atoms with Crippen LogP contribution in [0, 0.1) is 11.6 Å². The molecule has 0 radical (unpaired) electrons. The Balaban J connectivity index is 2.05. The quantitative estimate of drug-likeness (QED) is 0.855. The third-order valence-electron chi connectivity index (χ3n) is 2.47. The first-order valence-corrected chi connectivity index (χ1v) is 5.11. The Kier molecular flexibility index (Phi) is 3.19. The number of rotatable bonds is 3. The van der Waals surface area contributed by atoms with E-state index < -0.39 is 17.7 Å². The number of aliphatic hydroxyl groups excluding tert-OH is 1. The highest BCUT2D eigenvalue weighted by Crippen LogP contribution is 2.18. The smallest absolute Gasteiger partial charge is 0.159 e. The molecule has 1 aliphatic rings. The van der Waals surface area contributed by atoms with Crippen molar-refractivity contribution >= 4 is 0 Å². The standard InChI is InChI=1S/C12H12F2O2/c13-9-4-3-8(6-10(9)14)7-11(15)12-2-1-5-16-12/h2-4,6,11,15H,1,5,7H2. The van der Waals surface area contributed by atoms with E-state index >= 15 is 0 Å². The lowest BCUT2D eigenvalue weighted by Gasteiger charge is -2.12. The van der Waals surface area contributed by atoms with E-state index in [-0.39, 0.29) is 6.42 Å². The Labute approximate surface area is 92.2 Å². The number of ether oxygens (including phenoxy) is 1. The van der Waals surface area contributed by atoms with Gasteiger partial charge >= 0.3 is 0 Å². The molecule has 16 heavy (non-hydrogen) atoms. The average molecular weight is 226 g/mol. The molecule has 1 N–H and O–H groups in total. The molecule has 2 rings (SSSR count). The van der Waals surface area contributed by atoms with Gasteiger partial charge in [-0.2, -0.15) is 0 Å². The van der Waals surface area contributed by atoms with Crippen molar-refractivity contribution in [2.75, 3.05) is 6.61 Å². The molecule has 0 saturated heterocycles. The molecule has 0 bridgehead atoms. The summed E-state index contributed by atoms with van der Waals surface area (Å²) in [5, 5.41) is 9.75. The van der Waals surface area contributed by atoms with Gasteiger partial charge in [-0.3, -0.25) is 0 Å². The minimum atomic E-state index is -0.897. The minimum Gasteiger partial charge on any atom is -0.495 e. The van der Waals surface area contributed by atoms with Crippen LogP contribution in [0.1, 0.15) is 12.0 Å². The fourth-order valence-electron chi connectivity index (χ4n) is 1.66. The van der Waals surface area contributed by atoms with E-state index in [0.29, 0.717) is 17.9 Å². The zero-order valence-corrected chi connectivity index (χ0v) is 8.62. The second-order valence-corrected chi connectivity index (χ2v) is 3.71. The molecule has 0 saturated carbocycles. The Morgan fingerprint density at radius 1 is 1.31 bits per heavy atom. The highest BCUT2D eigenvalue weighted by Gasteiger charge is 2.17. The molecule has 0 aliphatic carbocycles. The maximum absolute atomic E-state index is 12.9. The zero-order chi connectivity index (χ0) is 11.5. The van der Waals surface area contributed by atoms with Gasteiger partial charge < -0.3 is 9.84 Å². The third kappa shape index (κ3) is 2.39. The largest absolute Gasteiger partial charge is 0.495 e. The normalized spacial score (nSPS) is 16.8. The van der Waals surface area contributed by atoms with Crippen molar-refractivity contribution in [2.24, 2.45) is 0 Å². The van der Waals surface area contributed by atoms with Crippen LogP contribution in [0.2, 0.25) is 0 Å². The Morgan fingerprint density at radius 3 is 2.75 bits per heavy atom. The summed E-state index contributed by atoms with van der Waals surface area (Å²) in [6.45, 7) is 0.574. The van der Waals surface area contributed by atoms with Gasteiger partial charge in [0.15, 0.2) is 11.6 Å². The molecular weight excluding hydrogens is 214 g/mol. The molecule has 4 heteroatoms. The highest BCUT2D eigenvalue weighted by molar-refractivity contribution is 5.20. The van der Waals surface area contributed by atoms with Crippen LogP contribution in [0.4, 0.5) is 8.78 Å².